The average molecular weight is 289 g/mol. The molecule has 21 heavy (non-hydrogen) atoms. The van der Waals surface area contributed by atoms with E-state index in [0.717, 1.165) is 31.7 Å². The highest BCUT2D eigenvalue weighted by Crippen LogP contribution is 2.22. The van der Waals surface area contributed by atoms with Gasteiger partial charge in [0.15, 0.2) is 0 Å². The smallest absolute Gasteiger partial charge is 0.254 e. The van der Waals surface area contributed by atoms with Crippen LogP contribution in [0.2, 0.25) is 0 Å². The SMILES string of the molecule is Cc1cc(C(=O)N2CCCN3CCCC3C2)cc(NN)n1. The van der Waals surface area contributed by atoms with Crippen molar-refractivity contribution in [2.24, 2.45) is 5.84 Å². The summed E-state index contributed by atoms with van der Waals surface area (Å²) in [4.78, 5) is 21.5. The maximum atomic E-state index is 12.8. The average Bonchev–Trinajstić information content (AvgIpc) is 2.83. The summed E-state index contributed by atoms with van der Waals surface area (Å²) in [5.74, 6) is 6.04. The number of amides is 1. The predicted molar refractivity (Wildman–Crippen MR) is 81.9 cm³/mol. The van der Waals surface area contributed by atoms with E-state index < -0.39 is 0 Å². The van der Waals surface area contributed by atoms with E-state index in [1.807, 2.05) is 17.9 Å². The number of rotatable bonds is 2. The number of aromatic nitrogens is 1. The molecule has 0 radical (unpaired) electrons. The zero-order chi connectivity index (χ0) is 14.8. The fraction of sp³-hybridized carbons (Fsp3) is 0.600. The number of aryl methyl sites for hydroxylation is 1. The summed E-state index contributed by atoms with van der Waals surface area (Å²) in [5, 5.41) is 0. The number of nitrogen functional groups attached to an aromatic ring is 1. The molecule has 3 N–H and O–H groups in total. The fourth-order valence-corrected chi connectivity index (χ4v) is 3.44. The Kier molecular flexibility index (Phi) is 4.07. The molecule has 1 aromatic rings. The second kappa shape index (κ2) is 5.99. The fourth-order valence-electron chi connectivity index (χ4n) is 3.44. The van der Waals surface area contributed by atoms with Crippen molar-refractivity contribution < 1.29 is 4.79 Å². The Bertz CT molecular complexity index is 533. The summed E-state index contributed by atoms with van der Waals surface area (Å²) in [6.45, 7) is 5.84. The molecule has 1 atom stereocenters. The third kappa shape index (κ3) is 3.01. The van der Waals surface area contributed by atoms with Gasteiger partial charge in [-0.05, 0) is 44.9 Å². The van der Waals surface area contributed by atoms with E-state index in [1.54, 1.807) is 6.07 Å². The van der Waals surface area contributed by atoms with Crippen molar-refractivity contribution in [2.45, 2.75) is 32.2 Å². The lowest BCUT2D eigenvalue weighted by molar-refractivity contribution is 0.0743. The maximum Gasteiger partial charge on any atom is 0.254 e. The largest absolute Gasteiger partial charge is 0.337 e. The molecule has 1 aromatic heterocycles. The minimum Gasteiger partial charge on any atom is -0.337 e. The van der Waals surface area contributed by atoms with E-state index >= 15 is 0 Å². The number of fused-ring (bicyclic) bond motifs is 1. The highest BCUT2D eigenvalue weighted by atomic mass is 16.2. The Morgan fingerprint density at radius 2 is 2.14 bits per heavy atom. The van der Waals surface area contributed by atoms with Gasteiger partial charge in [0.25, 0.3) is 5.91 Å². The summed E-state index contributed by atoms with van der Waals surface area (Å²) in [7, 11) is 0. The van der Waals surface area contributed by atoms with Crippen LogP contribution in [0.4, 0.5) is 5.82 Å². The Morgan fingerprint density at radius 3 is 2.95 bits per heavy atom. The Labute approximate surface area is 125 Å². The predicted octanol–water partition coefficient (Wildman–Crippen LogP) is 0.986. The van der Waals surface area contributed by atoms with E-state index in [2.05, 4.69) is 15.3 Å². The van der Waals surface area contributed by atoms with Gasteiger partial charge in [-0.3, -0.25) is 9.69 Å². The molecule has 6 nitrogen and oxygen atoms in total. The molecule has 0 bridgehead atoms. The molecule has 0 saturated carbocycles. The van der Waals surface area contributed by atoms with Crippen molar-refractivity contribution in [1.82, 2.24) is 14.8 Å². The van der Waals surface area contributed by atoms with Crippen molar-refractivity contribution >= 4 is 11.7 Å². The number of hydrogen-bond acceptors (Lipinski definition) is 5. The van der Waals surface area contributed by atoms with Gasteiger partial charge in [-0.15, -0.1) is 0 Å². The topological polar surface area (TPSA) is 74.5 Å². The monoisotopic (exact) mass is 289 g/mol. The molecule has 0 aromatic carbocycles. The first-order chi connectivity index (χ1) is 10.2. The number of nitrogens with two attached hydrogens (primary N) is 1. The normalized spacial score (nSPS) is 22.8. The number of hydrazine groups is 1. The highest BCUT2D eigenvalue weighted by molar-refractivity contribution is 5.95. The number of nitrogens with one attached hydrogen (secondary N) is 1. The summed E-state index contributed by atoms with van der Waals surface area (Å²) < 4.78 is 0. The van der Waals surface area contributed by atoms with Crippen molar-refractivity contribution in [1.29, 1.82) is 0 Å². The van der Waals surface area contributed by atoms with Crippen LogP contribution in [0, 0.1) is 6.92 Å². The van der Waals surface area contributed by atoms with Gasteiger partial charge in [-0.1, -0.05) is 0 Å². The molecule has 0 spiro atoms. The van der Waals surface area contributed by atoms with Gasteiger partial charge in [-0.2, -0.15) is 0 Å². The van der Waals surface area contributed by atoms with Crippen LogP contribution >= 0.6 is 0 Å². The molecule has 3 rings (SSSR count). The highest BCUT2D eigenvalue weighted by Gasteiger charge is 2.30. The Hall–Kier alpha value is -1.66. The quantitative estimate of drug-likeness (QED) is 0.627. The number of pyridine rings is 1. The first-order valence-electron chi connectivity index (χ1n) is 7.66. The van der Waals surface area contributed by atoms with E-state index in [1.165, 1.54) is 19.4 Å². The summed E-state index contributed by atoms with van der Waals surface area (Å²) >= 11 is 0. The number of hydrogen-bond donors (Lipinski definition) is 2. The van der Waals surface area contributed by atoms with Crippen LogP contribution in [0.1, 0.15) is 35.3 Å². The maximum absolute atomic E-state index is 12.8. The summed E-state index contributed by atoms with van der Waals surface area (Å²) in [6, 6.07) is 4.10. The lowest BCUT2D eigenvalue weighted by Crippen LogP contribution is -2.39. The van der Waals surface area contributed by atoms with Crippen LogP contribution in [0.3, 0.4) is 0 Å². The second-order valence-corrected chi connectivity index (χ2v) is 5.96. The van der Waals surface area contributed by atoms with Crippen molar-refractivity contribution in [2.75, 3.05) is 31.6 Å². The lowest BCUT2D eigenvalue weighted by atomic mass is 10.1. The van der Waals surface area contributed by atoms with Crippen LogP contribution in [-0.2, 0) is 0 Å². The van der Waals surface area contributed by atoms with Crippen LogP contribution in [0.15, 0.2) is 12.1 Å². The molecule has 2 saturated heterocycles. The van der Waals surface area contributed by atoms with Crippen LogP contribution in [0.5, 0.6) is 0 Å². The molecule has 0 aliphatic carbocycles. The number of carbonyl (C=O) groups is 1. The van der Waals surface area contributed by atoms with E-state index in [4.69, 9.17) is 5.84 Å². The third-order valence-corrected chi connectivity index (χ3v) is 4.44. The summed E-state index contributed by atoms with van der Waals surface area (Å²) in [6.07, 6.45) is 3.51. The summed E-state index contributed by atoms with van der Waals surface area (Å²) in [5.41, 5.74) is 3.99. The molecule has 2 aliphatic rings. The van der Waals surface area contributed by atoms with Crippen molar-refractivity contribution in [3.63, 3.8) is 0 Å². The standard InChI is InChI=1S/C15H23N5O/c1-11-8-12(9-14(17-11)18-16)15(21)20-7-3-6-19-5-2-4-13(19)10-20/h8-9,13H,2-7,10,16H2,1H3,(H,17,18). The number of anilines is 1. The van der Waals surface area contributed by atoms with Gasteiger partial charge in [0, 0.05) is 36.9 Å². The van der Waals surface area contributed by atoms with Crippen LogP contribution in [0.25, 0.3) is 0 Å². The van der Waals surface area contributed by atoms with Gasteiger partial charge in [0.05, 0.1) is 0 Å². The Morgan fingerprint density at radius 1 is 1.33 bits per heavy atom. The van der Waals surface area contributed by atoms with Gasteiger partial charge < -0.3 is 10.3 Å². The molecule has 2 fully saturated rings. The minimum absolute atomic E-state index is 0.0887. The third-order valence-electron chi connectivity index (χ3n) is 4.44. The molecule has 1 unspecified atom stereocenters. The lowest BCUT2D eigenvalue weighted by Gasteiger charge is -2.26. The Balaban J connectivity index is 1.79. The van der Waals surface area contributed by atoms with E-state index in [-0.39, 0.29) is 5.91 Å². The second-order valence-electron chi connectivity index (χ2n) is 5.96. The molecule has 2 aliphatic heterocycles. The van der Waals surface area contributed by atoms with Gasteiger partial charge in [0.2, 0.25) is 0 Å². The van der Waals surface area contributed by atoms with Gasteiger partial charge in [-0.25, -0.2) is 10.8 Å². The number of carbonyl (C=O) groups excluding carboxylic acids is 1. The minimum atomic E-state index is 0.0887. The van der Waals surface area contributed by atoms with E-state index in [9.17, 15) is 4.79 Å². The first kappa shape index (κ1) is 14.3. The van der Waals surface area contributed by atoms with E-state index in [0.29, 0.717) is 17.4 Å². The van der Waals surface area contributed by atoms with Crippen molar-refractivity contribution in [3.05, 3.63) is 23.4 Å². The molecule has 6 heteroatoms. The molecule has 114 valence electrons. The molecular weight excluding hydrogens is 266 g/mol. The van der Waals surface area contributed by atoms with Crippen LogP contribution < -0.4 is 11.3 Å². The molecule has 3 heterocycles. The van der Waals surface area contributed by atoms with Crippen LogP contribution in [-0.4, -0.2) is 52.9 Å². The first-order valence-corrected chi connectivity index (χ1v) is 7.66. The van der Waals surface area contributed by atoms with Crippen molar-refractivity contribution in [3.8, 4) is 0 Å². The molecular formula is C15H23N5O. The van der Waals surface area contributed by atoms with Gasteiger partial charge >= 0.3 is 0 Å². The molecule has 1 amide bonds. The zero-order valence-corrected chi connectivity index (χ0v) is 12.5. The zero-order valence-electron chi connectivity index (χ0n) is 12.5. The number of nitrogens with zero attached hydrogens (tertiary/aromatic N) is 3. The van der Waals surface area contributed by atoms with Gasteiger partial charge in [0.1, 0.15) is 5.82 Å².